The number of esters is 2. The SMILES string of the molecule is CC(=O)OC(C)=O.COc1ccc(O)c(C#N)c1.COc1ccc(O)c(C=O)c1.COc1ccc(O)cc1.COc1ccc2oc(C(=O)/C=C/c3ccccc3)c(N)c2c1.COc1ccc2oc(C(C)=O)c(N)c2c1.COc1ccc2oc3c(=O)cc(-c4ccccc4)[nH]c3c2c1.COc1ccc2oc3c(Cl)cc(-c4ccccc4)nc3c2c1.COc1ccc2oc3c(c2c1)CC(c1ccccc1)CC3=O.O=P(Cl)(Cl)Cl. The molecule has 0 spiro atoms. The van der Waals surface area contributed by atoms with Crippen molar-refractivity contribution in [1.29, 1.82) is 5.26 Å². The molecule has 1 aliphatic rings. The lowest BCUT2D eigenvalue weighted by Gasteiger charge is -2.21. The smallest absolute Gasteiger partial charge is 0.339 e. The van der Waals surface area contributed by atoms with Gasteiger partial charge in [-0.25, -0.2) is 4.98 Å². The van der Waals surface area contributed by atoms with Gasteiger partial charge < -0.3 is 96.5 Å². The summed E-state index contributed by atoms with van der Waals surface area (Å²) >= 11 is 20.2. The maximum Gasteiger partial charge on any atom is 0.339 e. The molecule has 0 saturated carbocycles. The number of aromatic amines is 1. The summed E-state index contributed by atoms with van der Waals surface area (Å²) in [6.07, 6.45) is 5.10. The van der Waals surface area contributed by atoms with Crippen molar-refractivity contribution in [3.63, 3.8) is 0 Å². The third kappa shape index (κ3) is 29.5. The van der Waals surface area contributed by atoms with Crippen molar-refractivity contribution in [3.8, 4) is 91.8 Å². The number of Topliss-reactive ketones (excluding diaryl/α,β-unsaturated/α-hetero) is 2. The number of anilines is 2. The number of aromatic nitrogens is 2. The van der Waals surface area contributed by atoms with Crippen LogP contribution in [0.15, 0.2) is 318 Å². The number of carbonyl (C=O) groups excluding carboxylic acids is 6. The summed E-state index contributed by atoms with van der Waals surface area (Å²) in [4.78, 5) is 86.2. The number of hydrogen-bond donors (Lipinski definition) is 6. The number of H-pyrrole nitrogens is 1. The lowest BCUT2D eigenvalue weighted by atomic mass is 9.81. The highest BCUT2D eigenvalue weighted by Gasteiger charge is 2.32. The number of nitrogens with zero attached hydrogens (tertiary/aromatic N) is 2. The van der Waals surface area contributed by atoms with Gasteiger partial charge in [-0.2, -0.15) is 5.26 Å². The van der Waals surface area contributed by atoms with E-state index in [2.05, 4.69) is 55.6 Å². The van der Waals surface area contributed by atoms with E-state index in [4.69, 9.17) is 109 Å². The van der Waals surface area contributed by atoms with Crippen molar-refractivity contribution >= 4 is 181 Å². The Morgan fingerprint density at radius 3 is 1.38 bits per heavy atom. The summed E-state index contributed by atoms with van der Waals surface area (Å²) in [7, 11) is 12.6. The zero-order valence-electron chi connectivity index (χ0n) is 80.2. The fourth-order valence-corrected chi connectivity index (χ4v) is 14.7. The molecule has 35 heteroatoms. The minimum atomic E-state index is -3.22. The fourth-order valence-electron chi connectivity index (χ4n) is 14.5. The van der Waals surface area contributed by atoms with Gasteiger partial charge in [0.05, 0.1) is 101 Å². The monoisotopic (exact) mass is 2070 g/mol. The molecule has 7 aromatic heterocycles. The van der Waals surface area contributed by atoms with E-state index in [1.165, 1.54) is 70.9 Å². The van der Waals surface area contributed by atoms with Gasteiger partial charge in [-0.3, -0.25) is 38.1 Å². The molecule has 8 N–H and O–H groups in total. The van der Waals surface area contributed by atoms with Gasteiger partial charge in [0.15, 0.2) is 46.3 Å². The van der Waals surface area contributed by atoms with Crippen molar-refractivity contribution in [2.75, 3.05) is 68.3 Å². The minimum absolute atomic E-state index is 0.0201. The third-order valence-electron chi connectivity index (χ3n) is 21.5. The van der Waals surface area contributed by atoms with E-state index in [-0.39, 0.29) is 68.6 Å². The van der Waals surface area contributed by atoms with E-state index < -0.39 is 17.1 Å². The normalized spacial score (nSPS) is 11.4. The number of carbonyl (C=O) groups is 6. The van der Waals surface area contributed by atoms with Crippen molar-refractivity contribution in [2.24, 2.45) is 0 Å². The summed E-state index contributed by atoms with van der Waals surface area (Å²) in [6, 6.07) is 87.6. The summed E-state index contributed by atoms with van der Waals surface area (Å²) in [6.45, 7) is 3.79. The number of nitrogen functional groups attached to an aromatic ring is 2. The Morgan fingerprint density at radius 2 is 0.890 bits per heavy atom. The number of allylic oxidation sites excluding steroid dienone is 1. The maximum atomic E-state index is 12.5. The predicted octanol–water partition coefficient (Wildman–Crippen LogP) is 26.6. The number of fused-ring (bicyclic) bond motifs is 11. The molecule has 0 radical (unpaired) electrons. The van der Waals surface area contributed by atoms with Gasteiger partial charge in [0.1, 0.15) is 103 Å². The van der Waals surface area contributed by atoms with Crippen LogP contribution < -0.4 is 54.8 Å². The number of phenolic OH excluding ortho intramolecular Hbond substituents is 3. The van der Waals surface area contributed by atoms with E-state index in [0.717, 1.165) is 95.9 Å². The number of furan rings is 5. The van der Waals surface area contributed by atoms with Crippen molar-refractivity contribution < 1.29 is 113 Å². The Balaban J connectivity index is 0.000000159. The molecule has 1 atom stereocenters. The summed E-state index contributed by atoms with van der Waals surface area (Å²) in [5, 5.41) is 36.8. The first kappa shape index (κ1) is 109. The second-order valence-corrected chi connectivity index (χ2v) is 38.1. The summed E-state index contributed by atoms with van der Waals surface area (Å²) in [5.41, 5.74) is 25.3. The van der Waals surface area contributed by atoms with Crippen LogP contribution in [-0.4, -0.2) is 118 Å². The molecule has 1 aliphatic carbocycles. The van der Waals surface area contributed by atoms with Gasteiger partial charge in [-0.05, 0) is 220 Å². The molecule has 748 valence electrons. The molecule has 0 aliphatic heterocycles. The molecular weight excluding hydrogens is 1980 g/mol. The van der Waals surface area contributed by atoms with Crippen LogP contribution in [0.4, 0.5) is 11.4 Å². The molecule has 0 saturated heterocycles. The topological polar surface area (TPSA) is 451 Å². The van der Waals surface area contributed by atoms with Gasteiger partial charge in [0.25, 0.3) is 0 Å². The van der Waals surface area contributed by atoms with Crippen LogP contribution >= 0.6 is 50.5 Å². The Hall–Kier alpha value is -17.2. The van der Waals surface area contributed by atoms with E-state index in [0.29, 0.717) is 102 Å². The number of rotatable bonds is 16. The lowest BCUT2D eigenvalue weighted by molar-refractivity contribution is -0.156. The molecule has 19 aromatic rings. The van der Waals surface area contributed by atoms with Crippen LogP contribution in [0.5, 0.6) is 63.2 Å². The van der Waals surface area contributed by atoms with Gasteiger partial charge in [0, 0.05) is 77.7 Å². The number of hydrogen-bond acceptors (Lipinski definition) is 29. The molecule has 1 unspecified atom stereocenters. The van der Waals surface area contributed by atoms with E-state index in [9.17, 15) is 38.1 Å². The molecular formula is C111H96Cl4N5O25P. The Labute approximate surface area is 854 Å². The quantitative estimate of drug-likeness (QED) is 0.0131. The van der Waals surface area contributed by atoms with Gasteiger partial charge >= 0.3 is 17.1 Å². The molecule has 7 heterocycles. The van der Waals surface area contributed by atoms with Crippen molar-refractivity contribution in [1.82, 2.24) is 9.97 Å². The lowest BCUT2D eigenvalue weighted by Crippen LogP contribution is -2.17. The number of phenols is 3. The standard InChI is InChI=1S/C19H16O3.C18H12ClNO2.C18H13NO3.C18H15NO3.C11H11NO3.C8H7NO2.C8H8O3.C7H8O2.C4H6O3.Cl3OP/c1-21-14-7-8-18-15(11-14)16-9-13(10-17(20)19(16)22-18)12-5-3-2-4-6-12;1-21-12-7-8-16-13(9-12)17-18(22-16)14(19)10-15(20-17)11-5-3-2-4-6-11;1-21-12-7-8-16-13(9-12)17-18(22-16)15(20)10-14(19-17)11-5-3-2-4-6-11;1-21-13-8-10-16-14(11-13)17(19)18(22-16)15(20)9-7-12-5-3-2-4-6-12;1-6(13)11-10(12)8-5-7(14-2)3-4-9(8)15-11;2*1-11-7-2-3-8(10)6(4-7)5-9;1-9-7-4-2-6(8)3-5-7;1-3(5)7-4(2)6;1-5(2,3)4/h2-8,11,13H,9-10H2,1H3;2-10H,1H3;2-10H,1H3,(H,19,20);2-11H,19H2,1H3;3-5H,12H2,1-2H3;2-4,10H,1H3;2-5,10H,1H3;2-5,8H,1H3;1-2H3;/b;;;9-7+;;;;;;. The highest BCUT2D eigenvalue weighted by Crippen LogP contribution is 2.61. The molecule has 20 rings (SSSR count). The number of pyridine rings is 2. The second kappa shape index (κ2) is 52.0. The average molecular weight is 2070 g/mol. The molecule has 12 aromatic carbocycles. The summed E-state index contributed by atoms with van der Waals surface area (Å²) in [5.74, 6) is 5.33. The largest absolute Gasteiger partial charge is 0.508 e. The molecule has 0 bridgehead atoms. The van der Waals surface area contributed by atoms with Crippen LogP contribution in [-0.2, 0) is 25.3 Å². The van der Waals surface area contributed by atoms with Crippen LogP contribution in [0.1, 0.15) is 97.4 Å². The molecule has 30 nitrogen and oxygen atoms in total. The van der Waals surface area contributed by atoms with Crippen LogP contribution in [0, 0.1) is 11.3 Å². The van der Waals surface area contributed by atoms with Crippen molar-refractivity contribution in [2.45, 2.75) is 39.5 Å². The maximum absolute atomic E-state index is 12.5. The van der Waals surface area contributed by atoms with Gasteiger partial charge in [-0.15, -0.1) is 0 Å². The molecule has 146 heavy (non-hydrogen) atoms. The number of aldehydes is 1. The van der Waals surface area contributed by atoms with Crippen LogP contribution in [0.2, 0.25) is 5.02 Å². The predicted molar refractivity (Wildman–Crippen MR) is 565 cm³/mol. The zero-order valence-corrected chi connectivity index (χ0v) is 84.1. The van der Waals surface area contributed by atoms with Gasteiger partial charge in [-0.1, -0.05) is 139 Å². The second-order valence-electron chi connectivity index (χ2n) is 31.1. The average Bonchev–Trinajstić information content (AvgIpc) is 1.62. The van der Waals surface area contributed by atoms with E-state index in [1.54, 1.807) is 128 Å². The number of ether oxygens (including phenoxy) is 9. The minimum Gasteiger partial charge on any atom is -0.508 e. The number of halogens is 4. The van der Waals surface area contributed by atoms with Crippen LogP contribution in [0.25, 0.3) is 106 Å². The molecule has 0 amide bonds. The number of aromatic hydroxyl groups is 3. The Morgan fingerprint density at radius 1 is 0.473 bits per heavy atom. The van der Waals surface area contributed by atoms with E-state index in [1.807, 2.05) is 176 Å². The number of nitrogens with two attached hydrogens (primary N) is 2. The molecule has 0 fully saturated rings. The van der Waals surface area contributed by atoms with Crippen LogP contribution in [0.3, 0.4) is 0 Å². The van der Waals surface area contributed by atoms with Crippen molar-refractivity contribution in [3.05, 3.63) is 352 Å². The first-order valence-electron chi connectivity index (χ1n) is 43.9. The third-order valence-corrected chi connectivity index (χ3v) is 21.8. The Bertz CT molecular complexity index is 8000. The number of benzene rings is 12. The van der Waals surface area contributed by atoms with E-state index >= 15 is 0 Å². The number of nitriles is 1. The highest BCUT2D eigenvalue weighted by molar-refractivity contribution is 8.24. The number of methoxy groups -OCH3 is 8. The fraction of sp³-hybridized carbons (Fsp3) is 0.126. The van der Waals surface area contributed by atoms with Gasteiger partial charge in [0.2, 0.25) is 11.2 Å². The highest BCUT2D eigenvalue weighted by atomic mass is 36.0. The zero-order chi connectivity index (χ0) is 105. The first-order valence-corrected chi connectivity index (χ1v) is 48.7. The number of nitrogens with one attached hydrogen (secondary N) is 1. The first-order chi connectivity index (χ1) is 70.1. The summed E-state index contributed by atoms with van der Waals surface area (Å²) < 4.78 is 82.3. The number of ketones is 3. The Kier molecular flexibility index (Phi) is 38.9.